The van der Waals surface area contributed by atoms with Crippen molar-refractivity contribution in [3.8, 4) is 11.8 Å². The molecular formula is C11H6Cl3N5O. The van der Waals surface area contributed by atoms with E-state index in [9.17, 15) is 4.79 Å². The van der Waals surface area contributed by atoms with Crippen molar-refractivity contribution in [3.63, 3.8) is 0 Å². The molecule has 0 saturated heterocycles. The Kier molecular flexibility index (Phi) is 3.77. The van der Waals surface area contributed by atoms with E-state index in [2.05, 4.69) is 5.10 Å². The predicted molar refractivity (Wildman–Crippen MR) is 76.2 cm³/mol. The number of rotatable bonds is 2. The molecular weight excluding hydrogens is 325 g/mol. The summed E-state index contributed by atoms with van der Waals surface area (Å²) in [5.74, 6) is -0.994. The largest absolute Gasteiger partial charge is 0.383 e. The number of primary amides is 1. The van der Waals surface area contributed by atoms with Gasteiger partial charge < -0.3 is 11.5 Å². The van der Waals surface area contributed by atoms with Gasteiger partial charge in [-0.1, -0.05) is 34.8 Å². The standard InChI is InChI=1S/C11H6Cl3N5O/c12-4-1-5(13)9(6(14)2-4)19-10(16)8(11(17)20)7(3-15)18-19/h1-2H,16H2,(H2,17,20). The van der Waals surface area contributed by atoms with E-state index in [1.165, 1.54) is 12.1 Å². The third kappa shape index (κ3) is 2.27. The molecule has 0 aliphatic heterocycles. The van der Waals surface area contributed by atoms with Gasteiger partial charge in [0, 0.05) is 5.02 Å². The molecule has 0 spiro atoms. The van der Waals surface area contributed by atoms with E-state index in [0.29, 0.717) is 5.02 Å². The van der Waals surface area contributed by atoms with Crippen molar-refractivity contribution in [2.45, 2.75) is 0 Å². The van der Waals surface area contributed by atoms with E-state index in [1.54, 1.807) is 6.07 Å². The summed E-state index contributed by atoms with van der Waals surface area (Å²) >= 11 is 17.9. The van der Waals surface area contributed by atoms with E-state index >= 15 is 0 Å². The molecule has 1 amide bonds. The lowest BCUT2D eigenvalue weighted by Crippen LogP contribution is -2.14. The summed E-state index contributed by atoms with van der Waals surface area (Å²) in [6.45, 7) is 0. The van der Waals surface area contributed by atoms with Crippen molar-refractivity contribution >= 4 is 46.5 Å². The molecule has 1 heterocycles. The molecule has 0 radical (unpaired) electrons. The first-order valence-electron chi connectivity index (χ1n) is 5.10. The molecule has 9 heteroatoms. The van der Waals surface area contributed by atoms with Gasteiger partial charge in [0.25, 0.3) is 5.91 Å². The predicted octanol–water partition coefficient (Wildman–Crippen LogP) is 2.39. The van der Waals surface area contributed by atoms with Gasteiger partial charge in [-0.25, -0.2) is 4.68 Å². The molecule has 6 nitrogen and oxygen atoms in total. The zero-order valence-electron chi connectivity index (χ0n) is 9.69. The highest BCUT2D eigenvalue weighted by Crippen LogP contribution is 2.34. The normalized spacial score (nSPS) is 10.3. The molecule has 20 heavy (non-hydrogen) atoms. The van der Waals surface area contributed by atoms with E-state index in [0.717, 1.165) is 4.68 Å². The van der Waals surface area contributed by atoms with Crippen LogP contribution in [0.3, 0.4) is 0 Å². The Balaban J connectivity index is 2.79. The van der Waals surface area contributed by atoms with Crippen molar-refractivity contribution in [1.29, 1.82) is 5.26 Å². The Hall–Kier alpha value is -1.94. The van der Waals surface area contributed by atoms with Gasteiger partial charge in [0.15, 0.2) is 5.69 Å². The van der Waals surface area contributed by atoms with Crippen LogP contribution in [0.5, 0.6) is 0 Å². The minimum Gasteiger partial charge on any atom is -0.383 e. The first-order chi connectivity index (χ1) is 9.36. The highest BCUT2D eigenvalue weighted by atomic mass is 35.5. The second-order valence-electron chi connectivity index (χ2n) is 3.71. The minimum absolute atomic E-state index is 0.125. The van der Waals surface area contributed by atoms with E-state index in [-0.39, 0.29) is 32.8 Å². The molecule has 0 atom stereocenters. The smallest absolute Gasteiger partial charge is 0.255 e. The summed E-state index contributed by atoms with van der Waals surface area (Å²) in [6.07, 6.45) is 0. The zero-order chi connectivity index (χ0) is 15.0. The number of hydrogen-bond acceptors (Lipinski definition) is 4. The number of aromatic nitrogens is 2. The van der Waals surface area contributed by atoms with Crippen molar-refractivity contribution < 1.29 is 4.79 Å². The van der Waals surface area contributed by atoms with Crippen molar-refractivity contribution in [2.24, 2.45) is 5.73 Å². The number of anilines is 1. The molecule has 0 aliphatic carbocycles. The number of hydrogen-bond donors (Lipinski definition) is 2. The molecule has 1 aromatic heterocycles. The fourth-order valence-electron chi connectivity index (χ4n) is 1.66. The van der Waals surface area contributed by atoms with E-state index in [1.807, 2.05) is 0 Å². The van der Waals surface area contributed by atoms with Crippen LogP contribution in [-0.2, 0) is 0 Å². The number of nitrogens with two attached hydrogens (primary N) is 2. The Morgan fingerprint density at radius 3 is 2.25 bits per heavy atom. The van der Waals surface area contributed by atoms with Crippen LogP contribution < -0.4 is 11.5 Å². The Labute approximate surface area is 128 Å². The molecule has 0 bridgehead atoms. The number of halogens is 3. The van der Waals surface area contributed by atoms with Crippen LogP contribution in [0.2, 0.25) is 15.1 Å². The van der Waals surface area contributed by atoms with Crippen LogP contribution in [0.15, 0.2) is 12.1 Å². The van der Waals surface area contributed by atoms with Gasteiger partial charge >= 0.3 is 0 Å². The zero-order valence-corrected chi connectivity index (χ0v) is 12.0. The number of nitrogens with zero attached hydrogens (tertiary/aromatic N) is 3. The quantitative estimate of drug-likeness (QED) is 0.880. The summed E-state index contributed by atoms with van der Waals surface area (Å²) in [7, 11) is 0. The third-order valence-corrected chi connectivity index (χ3v) is 3.26. The number of benzene rings is 1. The van der Waals surface area contributed by atoms with Crippen LogP contribution in [0.25, 0.3) is 5.69 Å². The topological polar surface area (TPSA) is 111 Å². The Bertz CT molecular complexity index is 739. The molecule has 0 fully saturated rings. The van der Waals surface area contributed by atoms with Gasteiger partial charge in [-0.2, -0.15) is 10.4 Å². The van der Waals surface area contributed by atoms with Crippen LogP contribution in [0.4, 0.5) is 5.82 Å². The first kappa shape index (κ1) is 14.5. The first-order valence-corrected chi connectivity index (χ1v) is 6.23. The van der Waals surface area contributed by atoms with Crippen molar-refractivity contribution in [1.82, 2.24) is 9.78 Å². The lowest BCUT2D eigenvalue weighted by Gasteiger charge is -2.09. The van der Waals surface area contributed by atoms with Gasteiger partial charge in [-0.15, -0.1) is 0 Å². The van der Waals surface area contributed by atoms with Crippen LogP contribution in [0.1, 0.15) is 16.1 Å². The maximum atomic E-state index is 11.3. The molecule has 4 N–H and O–H groups in total. The average molecular weight is 331 g/mol. The van der Waals surface area contributed by atoms with E-state index in [4.69, 9.17) is 51.5 Å². The van der Waals surface area contributed by atoms with Gasteiger partial charge in [-0.3, -0.25) is 4.79 Å². The second-order valence-corrected chi connectivity index (χ2v) is 4.97. The number of nitriles is 1. The maximum absolute atomic E-state index is 11.3. The lowest BCUT2D eigenvalue weighted by atomic mass is 10.2. The fraction of sp³-hybridized carbons (Fsp3) is 0. The molecule has 102 valence electrons. The number of carbonyl (C=O) groups is 1. The van der Waals surface area contributed by atoms with Crippen molar-refractivity contribution in [3.05, 3.63) is 38.5 Å². The summed E-state index contributed by atoms with van der Waals surface area (Å²) < 4.78 is 1.08. The summed E-state index contributed by atoms with van der Waals surface area (Å²) in [4.78, 5) is 11.3. The van der Waals surface area contributed by atoms with Crippen LogP contribution in [-0.4, -0.2) is 15.7 Å². The lowest BCUT2D eigenvalue weighted by molar-refractivity contribution is 0.100. The van der Waals surface area contributed by atoms with Gasteiger partial charge in [-0.05, 0) is 12.1 Å². The highest BCUT2D eigenvalue weighted by molar-refractivity contribution is 6.40. The SMILES string of the molecule is N#Cc1nn(-c2c(Cl)cc(Cl)cc2Cl)c(N)c1C(N)=O. The average Bonchev–Trinajstić information content (AvgIpc) is 2.65. The molecule has 0 aliphatic rings. The van der Waals surface area contributed by atoms with E-state index < -0.39 is 5.91 Å². The second kappa shape index (κ2) is 5.21. The third-order valence-electron chi connectivity index (χ3n) is 2.47. The van der Waals surface area contributed by atoms with Gasteiger partial charge in [0.1, 0.15) is 23.1 Å². The highest BCUT2D eigenvalue weighted by Gasteiger charge is 2.23. The Morgan fingerprint density at radius 2 is 1.85 bits per heavy atom. The molecule has 2 aromatic rings. The van der Waals surface area contributed by atoms with Crippen LogP contribution >= 0.6 is 34.8 Å². The fourth-order valence-corrected chi connectivity index (χ4v) is 2.64. The number of carbonyl (C=O) groups excluding carboxylic acids is 1. The van der Waals surface area contributed by atoms with Gasteiger partial charge in [0.05, 0.1) is 10.0 Å². The van der Waals surface area contributed by atoms with Crippen molar-refractivity contribution in [2.75, 3.05) is 5.73 Å². The molecule has 0 saturated carbocycles. The maximum Gasteiger partial charge on any atom is 0.255 e. The number of amides is 1. The summed E-state index contributed by atoms with van der Waals surface area (Å²) in [5.41, 5.74) is 10.8. The van der Waals surface area contributed by atoms with Gasteiger partial charge in [0.2, 0.25) is 0 Å². The molecule has 0 unspecified atom stereocenters. The summed E-state index contributed by atoms with van der Waals surface area (Å²) in [6, 6.07) is 4.60. The molecule has 1 aromatic carbocycles. The van der Waals surface area contributed by atoms with Crippen LogP contribution in [0, 0.1) is 11.3 Å². The summed E-state index contributed by atoms with van der Waals surface area (Å²) in [5, 5.41) is 13.5. The minimum atomic E-state index is -0.869. The Morgan fingerprint density at radius 1 is 1.30 bits per heavy atom. The monoisotopic (exact) mass is 329 g/mol. The number of nitrogen functional groups attached to an aromatic ring is 1. The molecule has 2 rings (SSSR count).